The molecule has 0 aromatic heterocycles. The molecule has 0 aliphatic carbocycles. The Bertz CT molecular complexity index is 1080. The van der Waals surface area contributed by atoms with Gasteiger partial charge in [0.25, 0.3) is 5.91 Å². The van der Waals surface area contributed by atoms with Crippen molar-refractivity contribution in [3.8, 4) is 23.0 Å². The topological polar surface area (TPSA) is 99.9 Å². The van der Waals surface area contributed by atoms with Crippen molar-refractivity contribution in [3.05, 3.63) is 83.4 Å². The van der Waals surface area contributed by atoms with Crippen molar-refractivity contribution in [1.29, 1.82) is 0 Å². The van der Waals surface area contributed by atoms with Crippen molar-refractivity contribution >= 4 is 11.8 Å². The molecule has 0 heterocycles. The predicted octanol–water partition coefficient (Wildman–Crippen LogP) is 4.48. The van der Waals surface area contributed by atoms with E-state index in [0.29, 0.717) is 40.7 Å². The summed E-state index contributed by atoms with van der Waals surface area (Å²) in [4.78, 5) is 23.8. The van der Waals surface area contributed by atoms with E-state index in [1.807, 2.05) is 32.0 Å². The van der Waals surface area contributed by atoms with E-state index in [2.05, 4.69) is 5.32 Å². The maximum absolute atomic E-state index is 12.7. The van der Waals surface area contributed by atoms with Crippen LogP contribution in [0.3, 0.4) is 0 Å². The molecule has 3 N–H and O–H groups in total. The Labute approximate surface area is 187 Å². The number of carbonyl (C=O) groups excluding carboxylic acids is 2. The molecule has 0 saturated carbocycles. The standard InChI is InChI=1S/C25H26N2O5/c1-4-31-22-14-9-19(15-23(22)30-3)16(2)27-25(29)18-7-12-21(13-8-18)32-20-10-5-17(6-11-20)24(26)28/h5-16H,4H2,1-3H3,(H2,26,28)(H,27,29). The predicted molar refractivity (Wildman–Crippen MR) is 122 cm³/mol. The first kappa shape index (κ1) is 22.7. The van der Waals surface area contributed by atoms with Crippen molar-refractivity contribution in [2.24, 2.45) is 5.73 Å². The molecule has 166 valence electrons. The SMILES string of the molecule is CCOc1ccc(C(C)NC(=O)c2ccc(Oc3ccc(C(N)=O)cc3)cc2)cc1OC. The van der Waals surface area contributed by atoms with Crippen LogP contribution in [0, 0.1) is 0 Å². The summed E-state index contributed by atoms with van der Waals surface area (Å²) in [5, 5.41) is 2.98. The second kappa shape index (κ2) is 10.3. The van der Waals surface area contributed by atoms with Crippen LogP contribution in [-0.4, -0.2) is 25.5 Å². The van der Waals surface area contributed by atoms with Gasteiger partial charge in [0, 0.05) is 11.1 Å². The van der Waals surface area contributed by atoms with Crippen LogP contribution in [0.15, 0.2) is 66.7 Å². The van der Waals surface area contributed by atoms with E-state index in [4.69, 9.17) is 19.9 Å². The Morgan fingerprint density at radius 3 is 2.03 bits per heavy atom. The number of hydrogen-bond acceptors (Lipinski definition) is 5. The summed E-state index contributed by atoms with van der Waals surface area (Å²) >= 11 is 0. The van der Waals surface area contributed by atoms with E-state index < -0.39 is 5.91 Å². The minimum atomic E-state index is -0.496. The highest BCUT2D eigenvalue weighted by atomic mass is 16.5. The Morgan fingerprint density at radius 2 is 1.50 bits per heavy atom. The summed E-state index contributed by atoms with van der Waals surface area (Å²) in [6.07, 6.45) is 0. The maximum atomic E-state index is 12.7. The molecule has 0 aliphatic rings. The van der Waals surface area contributed by atoms with Gasteiger partial charge in [-0.1, -0.05) is 6.07 Å². The number of nitrogens with one attached hydrogen (secondary N) is 1. The largest absolute Gasteiger partial charge is 0.493 e. The highest BCUT2D eigenvalue weighted by molar-refractivity contribution is 5.94. The molecule has 0 spiro atoms. The van der Waals surface area contributed by atoms with Crippen LogP contribution in [0.1, 0.15) is 46.2 Å². The minimum absolute atomic E-state index is 0.206. The lowest BCUT2D eigenvalue weighted by atomic mass is 10.1. The fraction of sp³-hybridized carbons (Fsp3) is 0.200. The van der Waals surface area contributed by atoms with Crippen LogP contribution >= 0.6 is 0 Å². The van der Waals surface area contributed by atoms with Crippen LogP contribution in [0.2, 0.25) is 0 Å². The maximum Gasteiger partial charge on any atom is 0.251 e. The third kappa shape index (κ3) is 5.57. The summed E-state index contributed by atoms with van der Waals surface area (Å²) in [5.74, 6) is 1.71. The van der Waals surface area contributed by atoms with Crippen LogP contribution in [0.25, 0.3) is 0 Å². The second-order valence-corrected chi connectivity index (χ2v) is 7.05. The Kier molecular flexibility index (Phi) is 7.33. The van der Waals surface area contributed by atoms with Crippen molar-refractivity contribution in [2.75, 3.05) is 13.7 Å². The second-order valence-electron chi connectivity index (χ2n) is 7.05. The van der Waals surface area contributed by atoms with Crippen molar-refractivity contribution < 1.29 is 23.8 Å². The lowest BCUT2D eigenvalue weighted by Crippen LogP contribution is -2.26. The molecule has 32 heavy (non-hydrogen) atoms. The van der Waals surface area contributed by atoms with Crippen LogP contribution < -0.4 is 25.3 Å². The number of amides is 2. The van der Waals surface area contributed by atoms with Gasteiger partial charge in [-0.3, -0.25) is 9.59 Å². The van der Waals surface area contributed by atoms with Gasteiger partial charge in [0.1, 0.15) is 11.5 Å². The molecule has 7 nitrogen and oxygen atoms in total. The first-order valence-electron chi connectivity index (χ1n) is 10.2. The van der Waals surface area contributed by atoms with E-state index in [-0.39, 0.29) is 11.9 Å². The molecule has 2 amide bonds. The fourth-order valence-electron chi connectivity index (χ4n) is 3.09. The van der Waals surface area contributed by atoms with Crippen LogP contribution in [0.5, 0.6) is 23.0 Å². The van der Waals surface area contributed by atoms with Gasteiger partial charge in [0.2, 0.25) is 5.91 Å². The number of primary amides is 1. The first-order valence-corrected chi connectivity index (χ1v) is 10.2. The van der Waals surface area contributed by atoms with Crippen LogP contribution in [-0.2, 0) is 0 Å². The smallest absolute Gasteiger partial charge is 0.251 e. The molecule has 3 rings (SSSR count). The molecule has 7 heteroatoms. The number of rotatable bonds is 9. The third-order valence-corrected chi connectivity index (χ3v) is 4.83. The van der Waals surface area contributed by atoms with E-state index in [1.165, 1.54) is 0 Å². The monoisotopic (exact) mass is 434 g/mol. The van der Waals surface area contributed by atoms with Gasteiger partial charge < -0.3 is 25.3 Å². The van der Waals surface area contributed by atoms with Crippen molar-refractivity contribution in [1.82, 2.24) is 5.32 Å². The van der Waals surface area contributed by atoms with E-state index in [9.17, 15) is 9.59 Å². The number of nitrogens with two attached hydrogens (primary N) is 1. The number of carbonyl (C=O) groups is 2. The molecule has 0 radical (unpaired) electrons. The van der Waals surface area contributed by atoms with E-state index >= 15 is 0 Å². The van der Waals surface area contributed by atoms with E-state index in [0.717, 1.165) is 5.56 Å². The Hall–Kier alpha value is -4.00. The molecular weight excluding hydrogens is 408 g/mol. The van der Waals surface area contributed by atoms with Gasteiger partial charge in [0.05, 0.1) is 19.8 Å². The molecule has 0 aliphatic heterocycles. The van der Waals surface area contributed by atoms with Gasteiger partial charge in [-0.25, -0.2) is 0 Å². The van der Waals surface area contributed by atoms with Crippen molar-refractivity contribution in [2.45, 2.75) is 19.9 Å². The quantitative estimate of drug-likeness (QED) is 0.517. The van der Waals surface area contributed by atoms with Crippen molar-refractivity contribution in [3.63, 3.8) is 0 Å². The zero-order valence-corrected chi connectivity index (χ0v) is 18.3. The molecular formula is C25H26N2O5. The number of benzene rings is 3. The van der Waals surface area contributed by atoms with Gasteiger partial charge in [-0.05, 0) is 80.1 Å². The molecule has 0 bridgehead atoms. The lowest BCUT2D eigenvalue weighted by Gasteiger charge is -2.17. The number of hydrogen-bond donors (Lipinski definition) is 2. The molecule has 0 saturated heterocycles. The summed E-state index contributed by atoms with van der Waals surface area (Å²) in [7, 11) is 1.58. The van der Waals surface area contributed by atoms with Gasteiger partial charge in [-0.2, -0.15) is 0 Å². The molecule has 1 unspecified atom stereocenters. The van der Waals surface area contributed by atoms with Gasteiger partial charge >= 0.3 is 0 Å². The van der Waals surface area contributed by atoms with Crippen LogP contribution in [0.4, 0.5) is 0 Å². The first-order chi connectivity index (χ1) is 15.4. The zero-order chi connectivity index (χ0) is 23.1. The summed E-state index contributed by atoms with van der Waals surface area (Å²) in [6.45, 7) is 4.35. The van der Waals surface area contributed by atoms with E-state index in [1.54, 1.807) is 55.6 Å². The Balaban J connectivity index is 1.63. The summed E-state index contributed by atoms with van der Waals surface area (Å²) < 4.78 is 16.7. The molecule has 3 aromatic carbocycles. The third-order valence-electron chi connectivity index (χ3n) is 4.83. The average molecular weight is 434 g/mol. The summed E-state index contributed by atoms with van der Waals surface area (Å²) in [6, 6.07) is 18.7. The minimum Gasteiger partial charge on any atom is -0.493 e. The number of ether oxygens (including phenoxy) is 3. The number of methoxy groups -OCH3 is 1. The molecule has 0 fully saturated rings. The zero-order valence-electron chi connectivity index (χ0n) is 18.3. The summed E-state index contributed by atoms with van der Waals surface area (Å²) in [5.41, 5.74) is 7.05. The average Bonchev–Trinajstić information content (AvgIpc) is 2.80. The normalized spacial score (nSPS) is 11.3. The molecule has 3 aromatic rings. The Morgan fingerprint density at radius 1 is 0.906 bits per heavy atom. The fourth-order valence-corrected chi connectivity index (χ4v) is 3.09. The highest BCUT2D eigenvalue weighted by Crippen LogP contribution is 2.30. The van der Waals surface area contributed by atoms with Gasteiger partial charge in [-0.15, -0.1) is 0 Å². The van der Waals surface area contributed by atoms with Gasteiger partial charge in [0.15, 0.2) is 11.5 Å². The lowest BCUT2D eigenvalue weighted by molar-refractivity contribution is 0.0938. The highest BCUT2D eigenvalue weighted by Gasteiger charge is 2.14. The molecule has 1 atom stereocenters.